The van der Waals surface area contributed by atoms with Crippen molar-refractivity contribution in [3.8, 4) is 5.75 Å². The Balaban J connectivity index is 1.44. The second-order valence-electron chi connectivity index (χ2n) is 6.41. The van der Waals surface area contributed by atoms with Gasteiger partial charge in [0.25, 0.3) is 5.91 Å². The second-order valence-corrected chi connectivity index (χ2v) is 6.41. The number of aryl methyl sites for hydroxylation is 1. The van der Waals surface area contributed by atoms with Crippen molar-refractivity contribution in [1.29, 1.82) is 0 Å². The average Bonchev–Trinajstić information content (AvgIpc) is 2.67. The number of nitrogens with zero attached hydrogens (tertiary/aromatic N) is 2. The number of hydrogen-bond donors (Lipinski definition) is 1. The molecule has 0 radical (unpaired) electrons. The van der Waals surface area contributed by atoms with Gasteiger partial charge in [-0.15, -0.1) is 0 Å². The first-order chi connectivity index (χ1) is 12.6. The van der Waals surface area contributed by atoms with Gasteiger partial charge in [-0.05, 0) is 44.0 Å². The highest BCUT2D eigenvalue weighted by molar-refractivity contribution is 5.92. The molecular formula is C20H23N3O3. The summed E-state index contributed by atoms with van der Waals surface area (Å²) < 4.78 is 5.51. The molecule has 0 aliphatic carbocycles. The number of benzene rings is 1. The number of pyridine rings is 1. The van der Waals surface area contributed by atoms with Crippen LogP contribution in [0.15, 0.2) is 48.5 Å². The van der Waals surface area contributed by atoms with Crippen molar-refractivity contribution in [2.45, 2.75) is 19.8 Å². The van der Waals surface area contributed by atoms with E-state index in [2.05, 4.69) is 10.3 Å². The lowest BCUT2D eigenvalue weighted by molar-refractivity contribution is -0.136. The quantitative estimate of drug-likeness (QED) is 0.897. The molecule has 136 valence electrons. The van der Waals surface area contributed by atoms with Crippen LogP contribution in [0.4, 0.5) is 5.82 Å². The molecule has 3 rings (SSSR count). The van der Waals surface area contributed by atoms with E-state index in [0.717, 1.165) is 5.69 Å². The minimum absolute atomic E-state index is 0.0219. The number of anilines is 1. The van der Waals surface area contributed by atoms with E-state index in [0.29, 0.717) is 37.5 Å². The van der Waals surface area contributed by atoms with Gasteiger partial charge in [0.2, 0.25) is 5.91 Å². The van der Waals surface area contributed by atoms with Crippen LogP contribution in [0.5, 0.6) is 5.75 Å². The van der Waals surface area contributed by atoms with Crippen molar-refractivity contribution in [2.75, 3.05) is 25.0 Å². The van der Waals surface area contributed by atoms with E-state index in [1.165, 1.54) is 0 Å². The van der Waals surface area contributed by atoms with Crippen molar-refractivity contribution in [1.82, 2.24) is 9.88 Å². The number of amides is 2. The molecule has 6 nitrogen and oxygen atoms in total. The highest BCUT2D eigenvalue weighted by atomic mass is 16.5. The van der Waals surface area contributed by atoms with Gasteiger partial charge < -0.3 is 15.0 Å². The minimum atomic E-state index is -0.101. The molecule has 0 unspecified atom stereocenters. The fourth-order valence-corrected chi connectivity index (χ4v) is 2.99. The second kappa shape index (κ2) is 8.47. The lowest BCUT2D eigenvalue weighted by Gasteiger charge is -2.31. The molecule has 1 fully saturated rings. The predicted molar refractivity (Wildman–Crippen MR) is 98.8 cm³/mol. The van der Waals surface area contributed by atoms with E-state index >= 15 is 0 Å². The normalized spacial score (nSPS) is 14.7. The van der Waals surface area contributed by atoms with Gasteiger partial charge in [-0.25, -0.2) is 4.98 Å². The zero-order valence-corrected chi connectivity index (χ0v) is 14.9. The molecule has 1 aromatic heterocycles. The number of likely N-dealkylation sites (tertiary alicyclic amines) is 1. The molecular weight excluding hydrogens is 330 g/mol. The Bertz CT molecular complexity index is 756. The lowest BCUT2D eigenvalue weighted by atomic mass is 9.96. The molecule has 0 bridgehead atoms. The Kier molecular flexibility index (Phi) is 5.84. The Morgan fingerprint density at radius 2 is 1.85 bits per heavy atom. The number of carbonyl (C=O) groups excluding carboxylic acids is 2. The smallest absolute Gasteiger partial charge is 0.260 e. The fourth-order valence-electron chi connectivity index (χ4n) is 2.99. The van der Waals surface area contributed by atoms with Crippen LogP contribution in [-0.4, -0.2) is 41.4 Å². The zero-order valence-electron chi connectivity index (χ0n) is 14.9. The Morgan fingerprint density at radius 1 is 1.12 bits per heavy atom. The third kappa shape index (κ3) is 4.81. The van der Waals surface area contributed by atoms with Crippen LogP contribution >= 0.6 is 0 Å². The van der Waals surface area contributed by atoms with E-state index in [1.807, 2.05) is 49.4 Å². The van der Waals surface area contributed by atoms with Gasteiger partial charge >= 0.3 is 0 Å². The van der Waals surface area contributed by atoms with Crippen LogP contribution in [0.1, 0.15) is 18.5 Å². The number of piperidine rings is 1. The minimum Gasteiger partial charge on any atom is -0.484 e. The SMILES string of the molecule is Cc1cccc(NC(=O)C2CCN(C(=O)COc3ccccc3)CC2)n1. The van der Waals surface area contributed by atoms with E-state index < -0.39 is 0 Å². The Hall–Kier alpha value is -2.89. The van der Waals surface area contributed by atoms with Gasteiger partial charge in [0.15, 0.2) is 6.61 Å². The summed E-state index contributed by atoms with van der Waals surface area (Å²) in [5.74, 6) is 1.07. The van der Waals surface area contributed by atoms with E-state index in [4.69, 9.17) is 4.74 Å². The molecule has 0 atom stereocenters. The number of aromatic nitrogens is 1. The summed E-state index contributed by atoms with van der Waals surface area (Å²) >= 11 is 0. The van der Waals surface area contributed by atoms with Crippen LogP contribution in [0.2, 0.25) is 0 Å². The first-order valence-corrected chi connectivity index (χ1v) is 8.82. The summed E-state index contributed by atoms with van der Waals surface area (Å²) in [6.07, 6.45) is 1.30. The number of carbonyl (C=O) groups is 2. The summed E-state index contributed by atoms with van der Waals surface area (Å²) in [6, 6.07) is 14.8. The van der Waals surface area contributed by atoms with Gasteiger partial charge in [-0.1, -0.05) is 24.3 Å². The zero-order chi connectivity index (χ0) is 18.4. The number of hydrogen-bond acceptors (Lipinski definition) is 4. The maximum atomic E-state index is 12.4. The maximum absolute atomic E-state index is 12.4. The van der Waals surface area contributed by atoms with Crippen LogP contribution in [0.3, 0.4) is 0 Å². The predicted octanol–water partition coefficient (Wildman–Crippen LogP) is 2.65. The first-order valence-electron chi connectivity index (χ1n) is 8.82. The van der Waals surface area contributed by atoms with Crippen LogP contribution in [-0.2, 0) is 9.59 Å². The average molecular weight is 353 g/mol. The van der Waals surface area contributed by atoms with E-state index in [-0.39, 0.29) is 24.3 Å². The van der Waals surface area contributed by atoms with Gasteiger partial charge in [0.1, 0.15) is 11.6 Å². The standard InChI is InChI=1S/C20H23N3O3/c1-15-6-5-9-18(21-15)22-20(25)16-10-12-23(13-11-16)19(24)14-26-17-7-3-2-4-8-17/h2-9,16H,10-14H2,1H3,(H,21,22,25). The van der Waals surface area contributed by atoms with Crippen LogP contribution in [0, 0.1) is 12.8 Å². The van der Waals surface area contributed by atoms with Crippen LogP contribution in [0.25, 0.3) is 0 Å². The highest BCUT2D eigenvalue weighted by Crippen LogP contribution is 2.19. The van der Waals surface area contributed by atoms with E-state index in [1.54, 1.807) is 11.0 Å². The summed E-state index contributed by atoms with van der Waals surface area (Å²) in [5.41, 5.74) is 0.863. The molecule has 1 aliphatic rings. The Morgan fingerprint density at radius 3 is 2.54 bits per heavy atom. The molecule has 1 saturated heterocycles. The number of nitrogens with one attached hydrogen (secondary N) is 1. The summed E-state index contributed by atoms with van der Waals surface area (Å²) in [6.45, 7) is 3.04. The van der Waals surface area contributed by atoms with Crippen molar-refractivity contribution >= 4 is 17.6 Å². The molecule has 1 N–H and O–H groups in total. The van der Waals surface area contributed by atoms with Crippen LogP contribution < -0.4 is 10.1 Å². The van der Waals surface area contributed by atoms with Crippen molar-refractivity contribution in [3.05, 3.63) is 54.2 Å². The van der Waals surface area contributed by atoms with Crippen molar-refractivity contribution < 1.29 is 14.3 Å². The molecule has 0 spiro atoms. The molecule has 6 heteroatoms. The summed E-state index contributed by atoms with van der Waals surface area (Å²) in [4.78, 5) is 30.7. The number of para-hydroxylation sites is 1. The fraction of sp³-hybridized carbons (Fsp3) is 0.350. The van der Waals surface area contributed by atoms with Gasteiger partial charge in [0.05, 0.1) is 0 Å². The van der Waals surface area contributed by atoms with E-state index in [9.17, 15) is 9.59 Å². The molecule has 26 heavy (non-hydrogen) atoms. The monoisotopic (exact) mass is 353 g/mol. The molecule has 1 aromatic carbocycles. The molecule has 2 aromatic rings. The maximum Gasteiger partial charge on any atom is 0.260 e. The Labute approximate surface area is 153 Å². The summed E-state index contributed by atoms with van der Waals surface area (Å²) in [5, 5.41) is 2.86. The first kappa shape index (κ1) is 17.9. The van der Waals surface area contributed by atoms with Gasteiger partial charge in [-0.2, -0.15) is 0 Å². The summed E-state index contributed by atoms with van der Waals surface area (Å²) in [7, 11) is 0. The largest absolute Gasteiger partial charge is 0.484 e. The van der Waals surface area contributed by atoms with Crippen molar-refractivity contribution in [3.63, 3.8) is 0 Å². The number of rotatable bonds is 5. The molecule has 1 aliphatic heterocycles. The topological polar surface area (TPSA) is 71.5 Å². The molecule has 0 saturated carbocycles. The molecule has 2 heterocycles. The highest BCUT2D eigenvalue weighted by Gasteiger charge is 2.27. The lowest BCUT2D eigenvalue weighted by Crippen LogP contribution is -2.43. The third-order valence-corrected chi connectivity index (χ3v) is 4.46. The van der Waals surface area contributed by atoms with Gasteiger partial charge in [0, 0.05) is 24.7 Å². The third-order valence-electron chi connectivity index (χ3n) is 4.46. The number of ether oxygens (including phenoxy) is 1. The molecule has 2 amide bonds. The van der Waals surface area contributed by atoms with Gasteiger partial charge in [-0.3, -0.25) is 9.59 Å². The van der Waals surface area contributed by atoms with Crippen molar-refractivity contribution in [2.24, 2.45) is 5.92 Å².